The number of carbonyl (C=O) groups is 2. The van der Waals surface area contributed by atoms with Crippen molar-refractivity contribution in [3.63, 3.8) is 0 Å². The Hall–Kier alpha value is -3.72. The Bertz CT molecular complexity index is 1130. The summed E-state index contributed by atoms with van der Waals surface area (Å²) in [6, 6.07) is 14.6. The van der Waals surface area contributed by atoms with Crippen molar-refractivity contribution in [2.75, 3.05) is 27.8 Å². The number of hydrogen-bond donors (Lipinski definition) is 0. The predicted molar refractivity (Wildman–Crippen MR) is 111 cm³/mol. The molecular formula is C23H22N2O4. The van der Waals surface area contributed by atoms with Crippen LogP contribution >= 0.6 is 0 Å². The minimum absolute atomic E-state index is 0.117. The molecule has 1 heterocycles. The van der Waals surface area contributed by atoms with Crippen LogP contribution in [0.5, 0.6) is 5.75 Å². The third-order valence-electron chi connectivity index (χ3n) is 4.68. The Kier molecular flexibility index (Phi) is 5.89. The number of benzene rings is 2. The Morgan fingerprint density at radius 2 is 1.86 bits per heavy atom. The van der Waals surface area contributed by atoms with E-state index in [9.17, 15) is 9.59 Å². The van der Waals surface area contributed by atoms with E-state index in [0.717, 1.165) is 10.9 Å². The molecule has 0 saturated carbocycles. The minimum Gasteiger partial charge on any atom is -0.495 e. The van der Waals surface area contributed by atoms with Crippen LogP contribution in [-0.2, 0) is 11.8 Å². The lowest BCUT2D eigenvalue weighted by Gasteiger charge is -2.14. The zero-order chi connectivity index (χ0) is 21.0. The van der Waals surface area contributed by atoms with Crippen molar-refractivity contribution < 1.29 is 19.1 Å². The molecule has 0 unspecified atom stereocenters. The highest BCUT2D eigenvalue weighted by atomic mass is 16.5. The van der Waals surface area contributed by atoms with Crippen LogP contribution in [-0.4, -0.2) is 49.2 Å². The summed E-state index contributed by atoms with van der Waals surface area (Å²) in [5.74, 6) is 5.94. The van der Waals surface area contributed by atoms with Gasteiger partial charge in [0.2, 0.25) is 0 Å². The van der Waals surface area contributed by atoms with Gasteiger partial charge in [-0.3, -0.25) is 4.79 Å². The molecule has 1 amide bonds. The highest BCUT2D eigenvalue weighted by Gasteiger charge is 2.16. The molecule has 1 aromatic heterocycles. The Morgan fingerprint density at radius 3 is 2.55 bits per heavy atom. The molecule has 0 bridgehead atoms. The van der Waals surface area contributed by atoms with E-state index in [1.807, 2.05) is 41.9 Å². The number of hydrogen-bond acceptors (Lipinski definition) is 4. The Morgan fingerprint density at radius 1 is 1.10 bits per heavy atom. The standard InChI is InChI=1S/C23H22N2O4/c1-24(22(26)20-15-16-8-5-6-10-19(16)25(20)2)13-7-9-17-14-18(23(27)29-4)11-12-21(17)28-3/h5-6,8,10-12,14-15H,13H2,1-4H3. The van der Waals surface area contributed by atoms with Gasteiger partial charge in [0.25, 0.3) is 5.91 Å². The van der Waals surface area contributed by atoms with Gasteiger partial charge < -0.3 is 18.9 Å². The molecule has 3 aromatic rings. The van der Waals surface area contributed by atoms with Gasteiger partial charge in [0.15, 0.2) is 0 Å². The zero-order valence-corrected chi connectivity index (χ0v) is 16.9. The first-order chi connectivity index (χ1) is 14.0. The van der Waals surface area contributed by atoms with Gasteiger partial charge in [-0.1, -0.05) is 30.0 Å². The van der Waals surface area contributed by atoms with Gasteiger partial charge in [0.05, 0.1) is 31.9 Å². The van der Waals surface area contributed by atoms with Gasteiger partial charge >= 0.3 is 5.97 Å². The SMILES string of the molecule is COC(=O)c1ccc(OC)c(C#CCN(C)C(=O)c2cc3ccccc3n2C)c1. The molecule has 0 atom stereocenters. The second-order valence-corrected chi connectivity index (χ2v) is 6.52. The molecule has 0 radical (unpaired) electrons. The lowest BCUT2D eigenvalue weighted by atomic mass is 10.1. The highest BCUT2D eigenvalue weighted by molar-refractivity contribution is 5.98. The van der Waals surface area contributed by atoms with Gasteiger partial charge in [-0.15, -0.1) is 0 Å². The number of ether oxygens (including phenoxy) is 2. The van der Waals surface area contributed by atoms with Crippen LogP contribution in [0, 0.1) is 11.8 Å². The Balaban J connectivity index is 1.79. The third-order valence-corrected chi connectivity index (χ3v) is 4.68. The minimum atomic E-state index is -0.446. The number of rotatable bonds is 4. The van der Waals surface area contributed by atoms with Gasteiger partial charge in [-0.2, -0.15) is 0 Å². The zero-order valence-electron chi connectivity index (χ0n) is 16.9. The second-order valence-electron chi connectivity index (χ2n) is 6.52. The first-order valence-electron chi connectivity index (χ1n) is 9.01. The van der Waals surface area contributed by atoms with Gasteiger partial charge in [-0.25, -0.2) is 4.79 Å². The summed E-state index contributed by atoms with van der Waals surface area (Å²) in [6.45, 7) is 0.228. The Labute approximate surface area is 169 Å². The van der Waals surface area contributed by atoms with Gasteiger partial charge in [0, 0.05) is 25.0 Å². The maximum absolute atomic E-state index is 12.8. The third kappa shape index (κ3) is 4.09. The fraction of sp³-hybridized carbons (Fsp3) is 0.217. The number of esters is 1. The summed E-state index contributed by atoms with van der Waals surface area (Å²) in [6.07, 6.45) is 0. The summed E-state index contributed by atoms with van der Waals surface area (Å²) in [4.78, 5) is 26.1. The van der Waals surface area contributed by atoms with Crippen molar-refractivity contribution in [1.29, 1.82) is 0 Å². The normalized spacial score (nSPS) is 10.2. The van der Waals surface area contributed by atoms with E-state index in [1.165, 1.54) is 14.2 Å². The molecule has 0 spiro atoms. The van der Waals surface area contributed by atoms with Crippen LogP contribution in [0.4, 0.5) is 0 Å². The van der Waals surface area contributed by atoms with Crippen molar-refractivity contribution in [1.82, 2.24) is 9.47 Å². The van der Waals surface area contributed by atoms with E-state index in [1.54, 1.807) is 30.1 Å². The number of para-hydroxylation sites is 1. The molecule has 0 saturated heterocycles. The quantitative estimate of drug-likeness (QED) is 0.507. The molecule has 0 N–H and O–H groups in total. The van der Waals surface area contributed by atoms with Crippen LogP contribution < -0.4 is 4.74 Å². The maximum atomic E-state index is 12.8. The molecule has 0 aliphatic heterocycles. The summed E-state index contributed by atoms with van der Waals surface area (Å²) in [7, 11) is 6.44. The summed E-state index contributed by atoms with van der Waals surface area (Å²) in [5, 5.41) is 1.02. The number of aryl methyl sites for hydroxylation is 1. The molecule has 6 nitrogen and oxygen atoms in total. The molecule has 0 fully saturated rings. The fourth-order valence-corrected chi connectivity index (χ4v) is 3.07. The topological polar surface area (TPSA) is 60.8 Å². The number of fused-ring (bicyclic) bond motifs is 1. The van der Waals surface area contributed by atoms with Crippen LogP contribution in [0.2, 0.25) is 0 Å². The van der Waals surface area contributed by atoms with Crippen LogP contribution in [0.25, 0.3) is 10.9 Å². The average molecular weight is 390 g/mol. The summed E-state index contributed by atoms with van der Waals surface area (Å²) >= 11 is 0. The number of carbonyl (C=O) groups excluding carboxylic acids is 2. The monoisotopic (exact) mass is 390 g/mol. The van der Waals surface area contributed by atoms with Crippen molar-refractivity contribution in [2.45, 2.75) is 0 Å². The van der Waals surface area contributed by atoms with Gasteiger partial charge in [-0.05, 0) is 30.3 Å². The smallest absolute Gasteiger partial charge is 0.337 e. The van der Waals surface area contributed by atoms with Gasteiger partial charge in [0.1, 0.15) is 11.4 Å². The molecule has 0 aliphatic rings. The van der Waals surface area contributed by atoms with Crippen molar-refractivity contribution in [3.05, 3.63) is 65.4 Å². The van der Waals surface area contributed by atoms with Crippen LogP contribution in [0.3, 0.4) is 0 Å². The lowest BCUT2D eigenvalue weighted by molar-refractivity contribution is 0.0600. The van der Waals surface area contributed by atoms with Crippen molar-refractivity contribution >= 4 is 22.8 Å². The largest absolute Gasteiger partial charge is 0.495 e. The molecule has 3 rings (SSSR count). The molecule has 148 valence electrons. The highest BCUT2D eigenvalue weighted by Crippen LogP contribution is 2.20. The maximum Gasteiger partial charge on any atom is 0.337 e. The summed E-state index contributed by atoms with van der Waals surface area (Å²) < 4.78 is 11.9. The van der Waals surface area contributed by atoms with Crippen LogP contribution in [0.15, 0.2) is 48.5 Å². The molecular weight excluding hydrogens is 368 g/mol. The first-order valence-corrected chi connectivity index (χ1v) is 9.01. The second kappa shape index (κ2) is 8.53. The average Bonchev–Trinajstić information content (AvgIpc) is 3.09. The number of amides is 1. The van der Waals surface area contributed by atoms with Crippen molar-refractivity contribution in [3.8, 4) is 17.6 Å². The van der Waals surface area contributed by atoms with E-state index in [-0.39, 0.29) is 12.5 Å². The molecule has 29 heavy (non-hydrogen) atoms. The predicted octanol–water partition coefficient (Wildman–Crippen LogP) is 3.10. The van der Waals surface area contributed by atoms with Crippen molar-refractivity contribution in [2.24, 2.45) is 7.05 Å². The summed E-state index contributed by atoms with van der Waals surface area (Å²) in [5.41, 5.74) is 2.54. The van der Waals surface area contributed by atoms with E-state index < -0.39 is 5.97 Å². The lowest BCUT2D eigenvalue weighted by Crippen LogP contribution is -2.28. The molecule has 2 aromatic carbocycles. The van der Waals surface area contributed by atoms with E-state index in [4.69, 9.17) is 9.47 Å². The molecule has 0 aliphatic carbocycles. The number of methoxy groups -OCH3 is 2. The van der Waals surface area contributed by atoms with E-state index in [2.05, 4.69) is 11.8 Å². The van der Waals surface area contributed by atoms with E-state index >= 15 is 0 Å². The van der Waals surface area contributed by atoms with Crippen LogP contribution in [0.1, 0.15) is 26.4 Å². The fourth-order valence-electron chi connectivity index (χ4n) is 3.07. The van der Waals surface area contributed by atoms with E-state index in [0.29, 0.717) is 22.6 Å². The number of nitrogens with zero attached hydrogens (tertiary/aromatic N) is 2. The molecule has 6 heteroatoms. The first kappa shape index (κ1) is 20.0. The number of aromatic nitrogens is 1.